The lowest BCUT2D eigenvalue weighted by molar-refractivity contribution is -0.145. The molecular formula is C19H17N3O3S. The number of aromatic nitrogens is 1. The molecule has 0 radical (unpaired) electrons. The van der Waals surface area contributed by atoms with Gasteiger partial charge < -0.3 is 9.84 Å². The van der Waals surface area contributed by atoms with Crippen molar-refractivity contribution < 1.29 is 14.6 Å². The number of carboxylic acids is 1. The average molecular weight is 367 g/mol. The number of carboxylic acid groups (broad SMARTS) is 1. The van der Waals surface area contributed by atoms with E-state index in [-0.39, 0.29) is 0 Å². The molecule has 0 aliphatic rings. The van der Waals surface area contributed by atoms with Crippen molar-refractivity contribution in [3.8, 4) is 5.75 Å². The molecule has 0 fully saturated rings. The summed E-state index contributed by atoms with van der Waals surface area (Å²) in [6.07, 6.45) is 0.609. The quantitative estimate of drug-likeness (QED) is 0.485. The molecule has 6 nitrogen and oxygen atoms in total. The third-order valence-corrected chi connectivity index (χ3v) is 4.32. The molecule has 2 N–H and O–H groups in total. The van der Waals surface area contributed by atoms with Crippen LogP contribution in [0.3, 0.4) is 0 Å². The van der Waals surface area contributed by atoms with E-state index in [1.807, 2.05) is 18.4 Å². The highest BCUT2D eigenvalue weighted by Gasteiger charge is 2.21. The first-order valence-electron chi connectivity index (χ1n) is 7.87. The van der Waals surface area contributed by atoms with E-state index in [0.29, 0.717) is 11.3 Å². The Bertz CT molecular complexity index is 892. The van der Waals surface area contributed by atoms with Crippen LogP contribution in [-0.4, -0.2) is 22.3 Å². The number of hydrogen-bond acceptors (Lipinski definition) is 6. The Morgan fingerprint density at radius 3 is 2.58 bits per heavy atom. The predicted octanol–water partition coefficient (Wildman–Crippen LogP) is 4.10. The monoisotopic (exact) mass is 367 g/mol. The Kier molecular flexibility index (Phi) is 5.60. The number of benzene rings is 2. The van der Waals surface area contributed by atoms with Gasteiger partial charge in [0.05, 0.1) is 11.9 Å². The summed E-state index contributed by atoms with van der Waals surface area (Å²) >= 11 is 1.48. The van der Waals surface area contributed by atoms with Crippen LogP contribution in [0.1, 0.15) is 22.9 Å². The normalized spacial score (nSPS) is 12.0. The van der Waals surface area contributed by atoms with Crippen LogP contribution in [0.15, 0.2) is 65.1 Å². The molecule has 0 aliphatic heterocycles. The average Bonchev–Trinajstić information content (AvgIpc) is 3.06. The molecule has 7 heteroatoms. The number of anilines is 1. The Hall–Kier alpha value is -3.19. The highest BCUT2D eigenvalue weighted by atomic mass is 32.1. The second-order valence-corrected chi connectivity index (χ2v) is 6.34. The molecule has 132 valence electrons. The molecule has 1 heterocycles. The maximum Gasteiger partial charge on any atom is 0.349 e. The molecule has 1 aromatic heterocycles. The molecule has 0 amide bonds. The number of ether oxygens (including phenoxy) is 1. The van der Waals surface area contributed by atoms with E-state index in [2.05, 4.69) is 15.5 Å². The summed E-state index contributed by atoms with van der Waals surface area (Å²) < 4.78 is 5.63. The Balaban J connectivity index is 1.64. The number of hydrazone groups is 1. The highest BCUT2D eigenvalue weighted by Crippen LogP contribution is 2.22. The van der Waals surface area contributed by atoms with Gasteiger partial charge in [0.2, 0.25) is 11.2 Å². The number of thiazole rings is 1. The molecule has 1 unspecified atom stereocenters. The van der Waals surface area contributed by atoms with Crippen molar-refractivity contribution in [1.29, 1.82) is 0 Å². The summed E-state index contributed by atoms with van der Waals surface area (Å²) in [5.41, 5.74) is 5.25. The second-order valence-electron chi connectivity index (χ2n) is 5.48. The minimum Gasteiger partial charge on any atom is -0.478 e. The zero-order chi connectivity index (χ0) is 18.4. The molecule has 2 aromatic carbocycles. The maximum absolute atomic E-state index is 11.5. The van der Waals surface area contributed by atoms with E-state index < -0.39 is 12.1 Å². The minimum atomic E-state index is -1.05. The van der Waals surface area contributed by atoms with Crippen LogP contribution in [0.25, 0.3) is 0 Å². The van der Waals surface area contributed by atoms with Crippen molar-refractivity contribution in [2.45, 2.75) is 13.0 Å². The number of rotatable bonds is 7. The largest absolute Gasteiger partial charge is 0.478 e. The van der Waals surface area contributed by atoms with Crippen LogP contribution in [0.5, 0.6) is 5.75 Å². The SMILES string of the molecule is Cc1csc(NN=Cc2ccc(OC(C(=O)O)c3ccccc3)cc2)n1. The van der Waals surface area contributed by atoms with Crippen LogP contribution in [0.2, 0.25) is 0 Å². The van der Waals surface area contributed by atoms with Gasteiger partial charge in [-0.05, 0) is 36.8 Å². The summed E-state index contributed by atoms with van der Waals surface area (Å²) in [5.74, 6) is -0.563. The Labute approximate surface area is 154 Å². The summed E-state index contributed by atoms with van der Waals surface area (Å²) in [6, 6.07) is 15.9. The van der Waals surface area contributed by atoms with Crippen molar-refractivity contribution >= 4 is 28.7 Å². The van der Waals surface area contributed by atoms with Gasteiger partial charge in [-0.25, -0.2) is 9.78 Å². The smallest absolute Gasteiger partial charge is 0.349 e. The van der Waals surface area contributed by atoms with Crippen molar-refractivity contribution in [1.82, 2.24) is 4.98 Å². The predicted molar refractivity (Wildman–Crippen MR) is 102 cm³/mol. The van der Waals surface area contributed by atoms with Gasteiger partial charge in [-0.3, -0.25) is 5.43 Å². The van der Waals surface area contributed by atoms with Crippen molar-refractivity contribution in [3.05, 3.63) is 76.8 Å². The van der Waals surface area contributed by atoms with Gasteiger partial charge in [0.25, 0.3) is 0 Å². The molecule has 0 aliphatic carbocycles. The van der Waals surface area contributed by atoms with Crippen molar-refractivity contribution in [2.24, 2.45) is 5.10 Å². The first-order valence-corrected chi connectivity index (χ1v) is 8.75. The van der Waals surface area contributed by atoms with E-state index in [9.17, 15) is 9.90 Å². The van der Waals surface area contributed by atoms with E-state index in [0.717, 1.165) is 16.4 Å². The first-order chi connectivity index (χ1) is 12.6. The summed E-state index contributed by atoms with van der Waals surface area (Å²) in [5, 5.41) is 16.2. The van der Waals surface area contributed by atoms with Crippen LogP contribution in [0.4, 0.5) is 5.13 Å². The minimum absolute atomic E-state index is 0.474. The lowest BCUT2D eigenvalue weighted by atomic mass is 10.1. The van der Waals surface area contributed by atoms with Gasteiger partial charge in [-0.1, -0.05) is 30.3 Å². The summed E-state index contributed by atoms with van der Waals surface area (Å²) in [4.78, 5) is 15.7. The maximum atomic E-state index is 11.5. The fourth-order valence-electron chi connectivity index (χ4n) is 2.22. The van der Waals surface area contributed by atoms with Crippen LogP contribution in [-0.2, 0) is 4.79 Å². The molecule has 0 saturated heterocycles. The third-order valence-electron chi connectivity index (χ3n) is 3.45. The van der Waals surface area contributed by atoms with Crippen LogP contribution in [0, 0.1) is 6.92 Å². The van der Waals surface area contributed by atoms with Gasteiger partial charge in [0, 0.05) is 10.9 Å². The van der Waals surface area contributed by atoms with Gasteiger partial charge in [-0.2, -0.15) is 5.10 Å². The topological polar surface area (TPSA) is 83.8 Å². The molecule has 1 atom stereocenters. The lowest BCUT2D eigenvalue weighted by Gasteiger charge is -2.15. The fraction of sp³-hybridized carbons (Fsp3) is 0.105. The van der Waals surface area contributed by atoms with E-state index >= 15 is 0 Å². The van der Waals surface area contributed by atoms with E-state index in [4.69, 9.17) is 4.74 Å². The summed E-state index contributed by atoms with van der Waals surface area (Å²) in [6.45, 7) is 1.92. The van der Waals surface area contributed by atoms with Crippen molar-refractivity contribution in [3.63, 3.8) is 0 Å². The number of aryl methyl sites for hydroxylation is 1. The third kappa shape index (κ3) is 4.67. The molecule has 0 bridgehead atoms. The van der Waals surface area contributed by atoms with Crippen molar-refractivity contribution in [2.75, 3.05) is 5.43 Å². The number of aliphatic carboxylic acids is 1. The zero-order valence-corrected chi connectivity index (χ0v) is 14.8. The fourth-order valence-corrected chi connectivity index (χ4v) is 2.86. The lowest BCUT2D eigenvalue weighted by Crippen LogP contribution is -2.18. The van der Waals surface area contributed by atoms with Crippen LogP contribution < -0.4 is 10.2 Å². The van der Waals surface area contributed by atoms with Gasteiger partial charge in [0.1, 0.15) is 5.75 Å². The number of nitrogens with one attached hydrogen (secondary N) is 1. The van der Waals surface area contributed by atoms with Crippen LogP contribution >= 0.6 is 11.3 Å². The first kappa shape index (κ1) is 17.6. The zero-order valence-electron chi connectivity index (χ0n) is 14.0. The molecule has 0 spiro atoms. The van der Waals surface area contributed by atoms with Gasteiger partial charge in [0.15, 0.2) is 0 Å². The molecule has 3 rings (SSSR count). The Morgan fingerprint density at radius 2 is 1.96 bits per heavy atom. The molecule has 0 saturated carbocycles. The summed E-state index contributed by atoms with van der Waals surface area (Å²) in [7, 11) is 0. The molecule has 26 heavy (non-hydrogen) atoms. The number of nitrogens with zero attached hydrogens (tertiary/aromatic N) is 2. The molecular weight excluding hydrogens is 350 g/mol. The molecule has 3 aromatic rings. The van der Waals surface area contributed by atoms with Gasteiger partial charge >= 0.3 is 5.97 Å². The second kappa shape index (κ2) is 8.26. The van der Waals surface area contributed by atoms with Gasteiger partial charge in [-0.15, -0.1) is 11.3 Å². The number of carbonyl (C=O) groups is 1. The van der Waals surface area contributed by atoms with E-state index in [1.165, 1.54) is 11.3 Å². The number of hydrogen-bond donors (Lipinski definition) is 2. The van der Waals surface area contributed by atoms with E-state index in [1.54, 1.807) is 54.7 Å². The Morgan fingerprint density at radius 1 is 1.23 bits per heavy atom. The standard InChI is InChI=1S/C19H17N3O3S/c1-13-12-26-19(21-13)22-20-11-14-7-9-16(10-8-14)25-17(18(23)24)15-5-3-2-4-6-15/h2-12,17H,1H3,(H,21,22)(H,23,24). The highest BCUT2D eigenvalue weighted by molar-refractivity contribution is 7.13.